The molecule has 0 aliphatic rings. The first-order valence-electron chi connectivity index (χ1n) is 16.7. The highest BCUT2D eigenvalue weighted by molar-refractivity contribution is 6.28. The van der Waals surface area contributed by atoms with Crippen LogP contribution in [0.25, 0.3) is 71.3 Å². The highest BCUT2D eigenvalue weighted by atomic mass is 16.3. The van der Waals surface area contributed by atoms with Crippen LogP contribution in [-0.4, -0.2) is 4.57 Å². The van der Waals surface area contributed by atoms with Gasteiger partial charge in [0.15, 0.2) is 0 Å². The summed E-state index contributed by atoms with van der Waals surface area (Å²) in [5.41, 5.74) is 10.9. The van der Waals surface area contributed by atoms with Crippen molar-refractivity contribution < 1.29 is 4.42 Å². The van der Waals surface area contributed by atoms with Gasteiger partial charge in [0.05, 0.1) is 11.0 Å². The Kier molecular flexibility index (Phi) is 6.18. The molecule has 8 aromatic carbocycles. The number of rotatable bonds is 5. The molecule has 0 fully saturated rings. The summed E-state index contributed by atoms with van der Waals surface area (Å²) in [6, 6.07) is 64.8. The Morgan fingerprint density at radius 3 is 1.76 bits per heavy atom. The maximum absolute atomic E-state index is 6.65. The smallest absolute Gasteiger partial charge is 0.138 e. The summed E-state index contributed by atoms with van der Waals surface area (Å²) in [6.07, 6.45) is 0. The fraction of sp³-hybridized carbons (Fsp3) is 0. The van der Waals surface area contributed by atoms with E-state index in [4.69, 9.17) is 4.42 Å². The van der Waals surface area contributed by atoms with Crippen LogP contribution in [-0.2, 0) is 0 Å². The molecule has 3 heteroatoms. The minimum Gasteiger partial charge on any atom is -0.456 e. The van der Waals surface area contributed by atoms with E-state index in [9.17, 15) is 0 Å². The Bertz CT molecular complexity index is 2770. The van der Waals surface area contributed by atoms with Crippen LogP contribution in [0, 0.1) is 0 Å². The van der Waals surface area contributed by atoms with E-state index in [0.717, 1.165) is 55.7 Å². The van der Waals surface area contributed by atoms with E-state index < -0.39 is 0 Å². The van der Waals surface area contributed by atoms with Crippen LogP contribution in [0.4, 0.5) is 17.1 Å². The molecule has 0 saturated carbocycles. The average Bonchev–Trinajstić information content (AvgIpc) is 3.70. The molecule has 10 aromatic rings. The fourth-order valence-electron chi connectivity index (χ4n) is 7.68. The number of para-hydroxylation sites is 4. The maximum Gasteiger partial charge on any atom is 0.138 e. The van der Waals surface area contributed by atoms with Crippen LogP contribution < -0.4 is 4.90 Å². The molecule has 0 N–H and O–H groups in total. The zero-order valence-corrected chi connectivity index (χ0v) is 26.6. The van der Waals surface area contributed by atoms with Crippen molar-refractivity contribution in [2.45, 2.75) is 0 Å². The summed E-state index contributed by atoms with van der Waals surface area (Å²) in [7, 11) is 0. The highest BCUT2D eigenvalue weighted by Crippen LogP contribution is 2.47. The predicted molar refractivity (Wildman–Crippen MR) is 206 cm³/mol. The third-order valence-corrected chi connectivity index (χ3v) is 9.76. The van der Waals surface area contributed by atoms with Gasteiger partial charge in [-0.1, -0.05) is 115 Å². The Labute approximate surface area is 283 Å². The lowest BCUT2D eigenvalue weighted by Gasteiger charge is -2.25. The number of hydrogen-bond acceptors (Lipinski definition) is 2. The molecule has 0 amide bonds. The van der Waals surface area contributed by atoms with Crippen molar-refractivity contribution in [2.24, 2.45) is 0 Å². The molecule has 0 bridgehead atoms. The van der Waals surface area contributed by atoms with Gasteiger partial charge in [0.2, 0.25) is 0 Å². The molecule has 0 aliphatic heterocycles. The molecule has 0 unspecified atom stereocenters. The van der Waals surface area contributed by atoms with E-state index in [1.807, 2.05) is 6.07 Å². The molecular weight excluding hydrogens is 597 g/mol. The van der Waals surface area contributed by atoms with Crippen molar-refractivity contribution in [1.29, 1.82) is 0 Å². The van der Waals surface area contributed by atoms with E-state index in [1.165, 1.54) is 32.7 Å². The number of furan rings is 1. The van der Waals surface area contributed by atoms with Crippen molar-refractivity contribution in [3.05, 3.63) is 182 Å². The molecule has 49 heavy (non-hydrogen) atoms. The van der Waals surface area contributed by atoms with Crippen LogP contribution in [0.1, 0.15) is 0 Å². The third kappa shape index (κ3) is 4.29. The number of anilines is 3. The summed E-state index contributed by atoms with van der Waals surface area (Å²) in [5.74, 6) is 0. The third-order valence-electron chi connectivity index (χ3n) is 9.76. The van der Waals surface area contributed by atoms with Gasteiger partial charge in [0, 0.05) is 55.9 Å². The molecule has 2 aromatic heterocycles. The Hall–Kier alpha value is -6.58. The van der Waals surface area contributed by atoms with Crippen LogP contribution in [0.5, 0.6) is 0 Å². The monoisotopic (exact) mass is 626 g/mol. The van der Waals surface area contributed by atoms with E-state index in [-0.39, 0.29) is 0 Å². The predicted octanol–water partition coefficient (Wildman–Crippen LogP) is 13.0. The van der Waals surface area contributed by atoms with Gasteiger partial charge in [-0.25, -0.2) is 0 Å². The topological polar surface area (TPSA) is 21.3 Å². The molecule has 3 nitrogen and oxygen atoms in total. The number of benzene rings is 8. The summed E-state index contributed by atoms with van der Waals surface area (Å²) < 4.78 is 9.04. The van der Waals surface area contributed by atoms with Crippen molar-refractivity contribution >= 4 is 71.6 Å². The first kappa shape index (κ1) is 27.5. The quantitative estimate of drug-likeness (QED) is 0.190. The number of aromatic nitrogens is 1. The van der Waals surface area contributed by atoms with E-state index in [0.29, 0.717) is 0 Å². The zero-order chi connectivity index (χ0) is 32.3. The summed E-state index contributed by atoms with van der Waals surface area (Å²) in [5, 5.41) is 7.17. The summed E-state index contributed by atoms with van der Waals surface area (Å²) >= 11 is 0. The van der Waals surface area contributed by atoms with E-state index >= 15 is 0 Å². The van der Waals surface area contributed by atoms with Gasteiger partial charge in [0.25, 0.3) is 0 Å². The zero-order valence-electron chi connectivity index (χ0n) is 26.6. The van der Waals surface area contributed by atoms with Gasteiger partial charge in [-0.3, -0.25) is 0 Å². The number of nitrogens with zero attached hydrogens (tertiary/aromatic N) is 2. The molecule has 0 aliphatic carbocycles. The minimum atomic E-state index is 0.886. The first-order valence-corrected chi connectivity index (χ1v) is 16.7. The van der Waals surface area contributed by atoms with Gasteiger partial charge < -0.3 is 13.9 Å². The Balaban J connectivity index is 1.27. The largest absolute Gasteiger partial charge is 0.456 e. The standard InChI is InChI=1S/C46H30N2O/c1-3-16-32(17-4-1)47(33-18-5-2-6-19-33)34-26-28-35(29-27-34)48-40-24-11-9-21-38(40)44-41(48)30-43-45(39-22-10-12-25-42(39)49-43)46(44)37-23-13-15-31-14-7-8-20-36(31)37/h1-30H. The lowest BCUT2D eigenvalue weighted by atomic mass is 9.91. The van der Waals surface area contributed by atoms with E-state index in [1.54, 1.807) is 0 Å². The van der Waals surface area contributed by atoms with Crippen molar-refractivity contribution in [3.8, 4) is 16.8 Å². The molecular formula is C46H30N2O. The van der Waals surface area contributed by atoms with E-state index in [2.05, 4.69) is 185 Å². The van der Waals surface area contributed by atoms with Crippen LogP contribution in [0.2, 0.25) is 0 Å². The number of hydrogen-bond donors (Lipinski definition) is 0. The lowest BCUT2D eigenvalue weighted by molar-refractivity contribution is 0.669. The summed E-state index contributed by atoms with van der Waals surface area (Å²) in [4.78, 5) is 2.30. The first-order chi connectivity index (χ1) is 24.3. The molecule has 0 saturated heterocycles. The Morgan fingerprint density at radius 1 is 0.408 bits per heavy atom. The number of fused-ring (bicyclic) bond motifs is 7. The normalized spacial score (nSPS) is 11.7. The van der Waals surface area contributed by atoms with Crippen LogP contribution in [0.15, 0.2) is 186 Å². The second-order valence-electron chi connectivity index (χ2n) is 12.5. The molecule has 2 heterocycles. The second kappa shape index (κ2) is 11.0. The molecule has 0 radical (unpaired) electrons. The van der Waals surface area contributed by atoms with Crippen LogP contribution in [0.3, 0.4) is 0 Å². The van der Waals surface area contributed by atoms with Crippen molar-refractivity contribution in [3.63, 3.8) is 0 Å². The fourth-order valence-corrected chi connectivity index (χ4v) is 7.68. The Morgan fingerprint density at radius 2 is 1.00 bits per heavy atom. The SMILES string of the molecule is c1ccc(N(c2ccccc2)c2ccc(-n3c4ccccc4c4c(-c5cccc6ccccc56)c5c(cc43)oc3ccccc35)cc2)cc1. The van der Waals surface area contributed by atoms with Gasteiger partial charge in [-0.2, -0.15) is 0 Å². The summed E-state index contributed by atoms with van der Waals surface area (Å²) in [6.45, 7) is 0. The van der Waals surface area contributed by atoms with Crippen LogP contribution >= 0.6 is 0 Å². The minimum absolute atomic E-state index is 0.886. The maximum atomic E-state index is 6.65. The molecule has 0 spiro atoms. The van der Waals surface area contributed by atoms with Gasteiger partial charge in [-0.15, -0.1) is 0 Å². The van der Waals surface area contributed by atoms with Gasteiger partial charge in [-0.05, 0) is 77.0 Å². The van der Waals surface area contributed by atoms with Gasteiger partial charge >= 0.3 is 0 Å². The molecule has 10 rings (SSSR count). The molecule has 230 valence electrons. The lowest BCUT2D eigenvalue weighted by Crippen LogP contribution is -2.09. The highest BCUT2D eigenvalue weighted by Gasteiger charge is 2.23. The van der Waals surface area contributed by atoms with Gasteiger partial charge in [0.1, 0.15) is 11.2 Å². The van der Waals surface area contributed by atoms with Crippen molar-refractivity contribution in [1.82, 2.24) is 4.57 Å². The average molecular weight is 627 g/mol. The van der Waals surface area contributed by atoms with Crippen molar-refractivity contribution in [2.75, 3.05) is 4.90 Å². The molecule has 0 atom stereocenters. The second-order valence-corrected chi connectivity index (χ2v) is 12.5.